The van der Waals surface area contributed by atoms with E-state index >= 15 is 0 Å². The van der Waals surface area contributed by atoms with Crippen LogP contribution < -0.4 is 5.32 Å². The van der Waals surface area contributed by atoms with Crippen LogP contribution in [-0.4, -0.2) is 36.6 Å². The van der Waals surface area contributed by atoms with E-state index in [0.717, 1.165) is 18.8 Å². The van der Waals surface area contributed by atoms with E-state index in [4.69, 9.17) is 4.74 Å². The Morgan fingerprint density at radius 3 is 2.73 bits per heavy atom. The summed E-state index contributed by atoms with van der Waals surface area (Å²) in [5.41, 5.74) is 2.25. The average Bonchev–Trinajstić information content (AvgIpc) is 2.52. The van der Waals surface area contributed by atoms with E-state index in [-0.39, 0.29) is 6.04 Å². The van der Waals surface area contributed by atoms with Crippen LogP contribution in [0.2, 0.25) is 0 Å². The molecule has 86 valence electrons. The molecule has 4 heteroatoms. The maximum absolute atomic E-state index is 5.22. The fourth-order valence-electron chi connectivity index (χ4n) is 1.74. The molecule has 0 spiro atoms. The van der Waals surface area contributed by atoms with Gasteiger partial charge in [-0.3, -0.25) is 4.68 Å². The van der Waals surface area contributed by atoms with Crippen LogP contribution in [0.15, 0.2) is 6.07 Å². The highest BCUT2D eigenvalue weighted by Crippen LogP contribution is 2.10. The summed E-state index contributed by atoms with van der Waals surface area (Å²) < 4.78 is 7.26. The molecule has 0 aliphatic rings. The van der Waals surface area contributed by atoms with Crippen molar-refractivity contribution in [3.05, 3.63) is 17.5 Å². The summed E-state index contributed by atoms with van der Waals surface area (Å²) in [6.07, 6.45) is 0. The Hall–Kier alpha value is -0.870. The minimum atomic E-state index is 0.281. The first-order chi connectivity index (χ1) is 7.19. The second-order valence-corrected chi connectivity index (χ2v) is 3.79. The minimum absolute atomic E-state index is 0.281. The molecule has 0 aliphatic heterocycles. The predicted octanol–water partition coefficient (Wildman–Crippen LogP) is 1.30. The lowest BCUT2D eigenvalue weighted by Crippen LogP contribution is -2.29. The van der Waals surface area contributed by atoms with E-state index in [2.05, 4.69) is 30.3 Å². The standard InChI is InChI=1S/C11H21N3O/c1-5-12-7-11(8-15-4)14-10(3)6-9(2)13-14/h6,11-12H,5,7-8H2,1-4H3. The van der Waals surface area contributed by atoms with Gasteiger partial charge in [-0.05, 0) is 26.5 Å². The molecule has 1 atom stereocenters. The molecule has 1 N–H and O–H groups in total. The fraction of sp³-hybridized carbons (Fsp3) is 0.727. The molecule has 0 saturated heterocycles. The molecule has 0 amide bonds. The van der Waals surface area contributed by atoms with Gasteiger partial charge in [0.2, 0.25) is 0 Å². The van der Waals surface area contributed by atoms with Crippen molar-refractivity contribution in [3.8, 4) is 0 Å². The third kappa shape index (κ3) is 3.32. The second-order valence-electron chi connectivity index (χ2n) is 3.79. The van der Waals surface area contributed by atoms with Crippen molar-refractivity contribution < 1.29 is 4.74 Å². The van der Waals surface area contributed by atoms with Crippen LogP contribution >= 0.6 is 0 Å². The quantitative estimate of drug-likeness (QED) is 0.771. The number of likely N-dealkylation sites (N-methyl/N-ethyl adjacent to an activating group) is 1. The zero-order valence-electron chi connectivity index (χ0n) is 10.1. The van der Waals surface area contributed by atoms with Crippen molar-refractivity contribution in [2.24, 2.45) is 0 Å². The fourth-order valence-corrected chi connectivity index (χ4v) is 1.74. The molecule has 4 nitrogen and oxygen atoms in total. The van der Waals surface area contributed by atoms with Crippen LogP contribution in [0.3, 0.4) is 0 Å². The molecule has 1 aromatic heterocycles. The van der Waals surface area contributed by atoms with Gasteiger partial charge in [0.25, 0.3) is 0 Å². The zero-order chi connectivity index (χ0) is 11.3. The Kier molecular flexibility index (Phi) is 4.78. The van der Waals surface area contributed by atoms with Crippen molar-refractivity contribution in [3.63, 3.8) is 0 Å². The Labute approximate surface area is 91.6 Å². The number of ether oxygens (including phenoxy) is 1. The first kappa shape index (κ1) is 12.2. The van der Waals surface area contributed by atoms with Crippen molar-refractivity contribution >= 4 is 0 Å². The molecule has 0 bridgehead atoms. The Bertz CT molecular complexity index is 296. The van der Waals surface area contributed by atoms with Crippen LogP contribution in [-0.2, 0) is 4.74 Å². The molecule has 1 unspecified atom stereocenters. The Balaban J connectivity index is 2.73. The van der Waals surface area contributed by atoms with Gasteiger partial charge in [-0.1, -0.05) is 6.92 Å². The summed E-state index contributed by atoms with van der Waals surface area (Å²) in [7, 11) is 1.73. The van der Waals surface area contributed by atoms with Crippen LogP contribution in [0.25, 0.3) is 0 Å². The van der Waals surface area contributed by atoms with Crippen LogP contribution in [0.1, 0.15) is 24.4 Å². The van der Waals surface area contributed by atoms with Gasteiger partial charge in [0.1, 0.15) is 0 Å². The lowest BCUT2D eigenvalue weighted by atomic mass is 10.3. The monoisotopic (exact) mass is 211 g/mol. The summed E-state index contributed by atoms with van der Waals surface area (Å²) in [6, 6.07) is 2.37. The third-order valence-electron chi connectivity index (χ3n) is 2.38. The number of rotatable bonds is 6. The molecule has 0 saturated carbocycles. The topological polar surface area (TPSA) is 39.1 Å². The number of nitrogens with zero attached hydrogens (tertiary/aromatic N) is 2. The first-order valence-electron chi connectivity index (χ1n) is 5.41. The summed E-state index contributed by atoms with van der Waals surface area (Å²) in [6.45, 7) is 8.75. The van der Waals surface area contributed by atoms with E-state index in [1.165, 1.54) is 5.69 Å². The molecular formula is C11H21N3O. The first-order valence-corrected chi connectivity index (χ1v) is 5.41. The predicted molar refractivity (Wildman–Crippen MR) is 61.2 cm³/mol. The van der Waals surface area contributed by atoms with Gasteiger partial charge >= 0.3 is 0 Å². The maximum Gasteiger partial charge on any atom is 0.0879 e. The van der Waals surface area contributed by atoms with Crippen molar-refractivity contribution in [1.29, 1.82) is 0 Å². The highest BCUT2D eigenvalue weighted by molar-refractivity contribution is 5.07. The highest BCUT2D eigenvalue weighted by atomic mass is 16.5. The average molecular weight is 211 g/mol. The van der Waals surface area contributed by atoms with Gasteiger partial charge < -0.3 is 10.1 Å². The molecule has 15 heavy (non-hydrogen) atoms. The lowest BCUT2D eigenvalue weighted by molar-refractivity contribution is 0.147. The maximum atomic E-state index is 5.22. The van der Waals surface area contributed by atoms with Crippen LogP contribution in [0, 0.1) is 13.8 Å². The Morgan fingerprint density at radius 1 is 1.53 bits per heavy atom. The highest BCUT2D eigenvalue weighted by Gasteiger charge is 2.13. The van der Waals surface area contributed by atoms with E-state index in [1.54, 1.807) is 7.11 Å². The molecule has 0 radical (unpaired) electrons. The summed E-state index contributed by atoms with van der Waals surface area (Å²) in [4.78, 5) is 0. The number of hydrogen-bond donors (Lipinski definition) is 1. The van der Waals surface area contributed by atoms with Gasteiger partial charge in [0, 0.05) is 19.3 Å². The second kappa shape index (κ2) is 5.88. The number of aryl methyl sites for hydroxylation is 2. The number of aromatic nitrogens is 2. The minimum Gasteiger partial charge on any atom is -0.382 e. The third-order valence-corrected chi connectivity index (χ3v) is 2.38. The molecule has 0 aromatic carbocycles. The Morgan fingerprint density at radius 2 is 2.27 bits per heavy atom. The smallest absolute Gasteiger partial charge is 0.0879 e. The molecule has 1 aromatic rings. The SMILES string of the molecule is CCNCC(COC)n1nc(C)cc1C. The van der Waals surface area contributed by atoms with Gasteiger partial charge in [0.15, 0.2) is 0 Å². The van der Waals surface area contributed by atoms with E-state index in [0.29, 0.717) is 6.61 Å². The molecule has 0 fully saturated rings. The van der Waals surface area contributed by atoms with Crippen molar-refractivity contribution in [2.45, 2.75) is 26.8 Å². The van der Waals surface area contributed by atoms with Crippen molar-refractivity contribution in [1.82, 2.24) is 15.1 Å². The largest absolute Gasteiger partial charge is 0.382 e. The van der Waals surface area contributed by atoms with Crippen LogP contribution in [0.5, 0.6) is 0 Å². The van der Waals surface area contributed by atoms with E-state index < -0.39 is 0 Å². The van der Waals surface area contributed by atoms with Gasteiger partial charge in [-0.15, -0.1) is 0 Å². The van der Waals surface area contributed by atoms with E-state index in [9.17, 15) is 0 Å². The van der Waals surface area contributed by atoms with E-state index in [1.807, 2.05) is 11.6 Å². The molecule has 0 aliphatic carbocycles. The summed E-state index contributed by atoms with van der Waals surface area (Å²) >= 11 is 0. The van der Waals surface area contributed by atoms with Gasteiger partial charge in [-0.25, -0.2) is 0 Å². The number of methoxy groups -OCH3 is 1. The molecule has 1 rings (SSSR count). The van der Waals surface area contributed by atoms with Crippen molar-refractivity contribution in [2.75, 3.05) is 26.8 Å². The number of nitrogens with one attached hydrogen (secondary N) is 1. The summed E-state index contributed by atoms with van der Waals surface area (Å²) in [5.74, 6) is 0. The normalized spacial score (nSPS) is 13.1. The number of hydrogen-bond acceptors (Lipinski definition) is 3. The summed E-state index contributed by atoms with van der Waals surface area (Å²) in [5, 5.41) is 7.81. The van der Waals surface area contributed by atoms with Crippen LogP contribution in [0.4, 0.5) is 0 Å². The lowest BCUT2D eigenvalue weighted by Gasteiger charge is -2.18. The van der Waals surface area contributed by atoms with Gasteiger partial charge in [-0.2, -0.15) is 5.10 Å². The van der Waals surface area contributed by atoms with Gasteiger partial charge in [0.05, 0.1) is 18.3 Å². The zero-order valence-corrected chi connectivity index (χ0v) is 10.1. The molecular weight excluding hydrogens is 190 g/mol. The molecule has 1 heterocycles.